The molecule has 7 heteroatoms. The molecule has 0 aliphatic rings. The average molecular weight is 312 g/mol. The first-order chi connectivity index (χ1) is 9.62. The molecule has 2 rings (SSSR count). The maximum atomic E-state index is 11.5. The van der Waals surface area contributed by atoms with E-state index in [1.54, 1.807) is 12.1 Å². The number of alkyl halides is 1. The van der Waals surface area contributed by atoms with Gasteiger partial charge in [-0.1, -0.05) is 18.3 Å². The van der Waals surface area contributed by atoms with Crippen LogP contribution < -0.4 is 10.6 Å². The summed E-state index contributed by atoms with van der Waals surface area (Å²) in [6.45, 7) is 1.95. The van der Waals surface area contributed by atoms with Crippen LogP contribution in [0.2, 0.25) is 0 Å². The molecular weight excluding hydrogens is 298 g/mol. The topological polar surface area (TPSA) is 71.1 Å². The molecule has 0 aliphatic carbocycles. The third kappa shape index (κ3) is 3.68. The summed E-state index contributed by atoms with van der Waals surface area (Å²) in [5, 5.41) is 6.01. The Bertz CT molecular complexity index is 642. The highest BCUT2D eigenvalue weighted by atomic mass is 35.5. The summed E-state index contributed by atoms with van der Waals surface area (Å²) in [7, 11) is 0. The van der Waals surface area contributed by atoms with Crippen molar-refractivity contribution >= 4 is 55.8 Å². The molecule has 2 aromatic rings. The zero-order chi connectivity index (χ0) is 14.5. The Labute approximate surface area is 125 Å². The Morgan fingerprint density at radius 1 is 1.30 bits per heavy atom. The lowest BCUT2D eigenvalue weighted by Crippen LogP contribution is -2.12. The molecule has 0 spiro atoms. The van der Waals surface area contributed by atoms with Gasteiger partial charge in [-0.05, 0) is 24.6 Å². The predicted molar refractivity (Wildman–Crippen MR) is 82.5 cm³/mol. The summed E-state index contributed by atoms with van der Waals surface area (Å²) in [4.78, 5) is 27.1. The molecule has 1 heterocycles. The van der Waals surface area contributed by atoms with E-state index in [9.17, 15) is 9.59 Å². The number of benzene rings is 1. The van der Waals surface area contributed by atoms with E-state index in [1.165, 1.54) is 11.3 Å². The van der Waals surface area contributed by atoms with E-state index in [-0.39, 0.29) is 17.7 Å². The van der Waals surface area contributed by atoms with Gasteiger partial charge in [-0.25, -0.2) is 4.98 Å². The molecule has 0 saturated carbocycles. The first-order valence-electron chi connectivity index (χ1n) is 6.18. The number of carbonyl (C=O) groups is 2. The molecule has 2 N–H and O–H groups in total. The van der Waals surface area contributed by atoms with Gasteiger partial charge in [-0.3, -0.25) is 9.59 Å². The number of amides is 2. The van der Waals surface area contributed by atoms with Crippen molar-refractivity contribution in [1.29, 1.82) is 0 Å². The van der Waals surface area contributed by atoms with Gasteiger partial charge in [-0.2, -0.15) is 0 Å². The fourth-order valence-corrected chi connectivity index (χ4v) is 2.65. The van der Waals surface area contributed by atoms with Crippen molar-refractivity contribution in [3.8, 4) is 0 Å². The van der Waals surface area contributed by atoms with Crippen molar-refractivity contribution in [3.63, 3.8) is 0 Å². The zero-order valence-electron chi connectivity index (χ0n) is 10.9. The van der Waals surface area contributed by atoms with Gasteiger partial charge in [0.05, 0.1) is 10.2 Å². The second kappa shape index (κ2) is 6.67. The van der Waals surface area contributed by atoms with E-state index in [4.69, 9.17) is 11.6 Å². The molecule has 0 aliphatic heterocycles. The van der Waals surface area contributed by atoms with Gasteiger partial charge in [0.1, 0.15) is 5.88 Å². The molecule has 106 valence electrons. The predicted octanol–water partition coefficient (Wildman–Crippen LogP) is 3.21. The number of rotatable bonds is 5. The number of thiazole rings is 1. The van der Waals surface area contributed by atoms with Crippen LogP contribution in [0.15, 0.2) is 18.2 Å². The number of hydrogen-bond acceptors (Lipinski definition) is 4. The van der Waals surface area contributed by atoms with Crippen molar-refractivity contribution in [2.75, 3.05) is 16.5 Å². The number of halogens is 1. The Morgan fingerprint density at radius 3 is 2.80 bits per heavy atom. The van der Waals surface area contributed by atoms with E-state index in [0.717, 1.165) is 16.6 Å². The van der Waals surface area contributed by atoms with Gasteiger partial charge in [0.15, 0.2) is 5.13 Å². The SMILES string of the molecule is CCCC(=O)Nc1nc2ccc(NC(=O)CCl)cc2s1. The van der Waals surface area contributed by atoms with Crippen molar-refractivity contribution in [2.24, 2.45) is 0 Å². The molecule has 20 heavy (non-hydrogen) atoms. The van der Waals surface area contributed by atoms with Gasteiger partial charge in [-0.15, -0.1) is 11.6 Å². The van der Waals surface area contributed by atoms with Crippen molar-refractivity contribution < 1.29 is 9.59 Å². The highest BCUT2D eigenvalue weighted by Crippen LogP contribution is 2.28. The van der Waals surface area contributed by atoms with Crippen LogP contribution in [-0.2, 0) is 9.59 Å². The quantitative estimate of drug-likeness (QED) is 0.833. The monoisotopic (exact) mass is 311 g/mol. The summed E-state index contributed by atoms with van der Waals surface area (Å²) in [6, 6.07) is 5.36. The van der Waals surface area contributed by atoms with Gasteiger partial charge >= 0.3 is 0 Å². The number of hydrogen-bond donors (Lipinski definition) is 2. The van der Waals surface area contributed by atoms with Crippen LogP contribution in [-0.4, -0.2) is 22.7 Å². The van der Waals surface area contributed by atoms with Crippen LogP contribution in [0.25, 0.3) is 10.2 Å². The van der Waals surface area contributed by atoms with Gasteiger partial charge < -0.3 is 10.6 Å². The van der Waals surface area contributed by atoms with E-state index in [0.29, 0.717) is 17.2 Å². The Morgan fingerprint density at radius 2 is 2.10 bits per heavy atom. The number of fused-ring (bicyclic) bond motifs is 1. The first-order valence-corrected chi connectivity index (χ1v) is 7.53. The minimum atomic E-state index is -0.257. The number of aromatic nitrogens is 1. The number of carbonyl (C=O) groups excluding carboxylic acids is 2. The third-order valence-corrected chi connectivity index (χ3v) is 3.69. The zero-order valence-corrected chi connectivity index (χ0v) is 12.5. The summed E-state index contributed by atoms with van der Waals surface area (Å²) < 4.78 is 0.893. The summed E-state index contributed by atoms with van der Waals surface area (Å²) in [5.41, 5.74) is 1.45. The minimum Gasteiger partial charge on any atom is -0.325 e. The molecule has 1 aromatic carbocycles. The van der Waals surface area contributed by atoms with Gasteiger partial charge in [0.25, 0.3) is 0 Å². The van der Waals surface area contributed by atoms with E-state index >= 15 is 0 Å². The molecule has 1 aromatic heterocycles. The van der Waals surface area contributed by atoms with Crippen molar-refractivity contribution in [3.05, 3.63) is 18.2 Å². The van der Waals surface area contributed by atoms with Crippen molar-refractivity contribution in [2.45, 2.75) is 19.8 Å². The Kier molecular flexibility index (Phi) is 4.92. The van der Waals surface area contributed by atoms with Crippen LogP contribution in [0.3, 0.4) is 0 Å². The molecule has 0 saturated heterocycles. The van der Waals surface area contributed by atoms with Gasteiger partial charge in [0, 0.05) is 12.1 Å². The number of nitrogens with zero attached hydrogens (tertiary/aromatic N) is 1. The average Bonchev–Trinajstić information content (AvgIpc) is 2.80. The standard InChI is InChI=1S/C13H14ClN3O2S/c1-2-3-11(18)17-13-16-9-5-4-8(6-10(9)20-13)15-12(19)7-14/h4-6H,2-3,7H2,1H3,(H,15,19)(H,16,17,18). The van der Waals surface area contributed by atoms with E-state index < -0.39 is 0 Å². The molecule has 5 nitrogen and oxygen atoms in total. The highest BCUT2D eigenvalue weighted by Gasteiger charge is 2.08. The molecule has 0 atom stereocenters. The minimum absolute atomic E-state index is 0.0396. The second-order valence-corrected chi connectivity index (χ2v) is 5.48. The molecule has 2 amide bonds. The van der Waals surface area contributed by atoms with Gasteiger partial charge in [0.2, 0.25) is 11.8 Å². The molecule has 0 fully saturated rings. The highest BCUT2D eigenvalue weighted by molar-refractivity contribution is 7.22. The molecule has 0 unspecified atom stereocenters. The van der Waals surface area contributed by atoms with Crippen LogP contribution in [0.1, 0.15) is 19.8 Å². The third-order valence-electron chi connectivity index (χ3n) is 2.52. The second-order valence-electron chi connectivity index (χ2n) is 4.18. The van der Waals surface area contributed by atoms with E-state index in [1.807, 2.05) is 13.0 Å². The van der Waals surface area contributed by atoms with Crippen molar-refractivity contribution in [1.82, 2.24) is 4.98 Å². The first kappa shape index (κ1) is 14.7. The van der Waals surface area contributed by atoms with Crippen LogP contribution in [0.4, 0.5) is 10.8 Å². The number of nitrogens with one attached hydrogen (secondary N) is 2. The lowest BCUT2D eigenvalue weighted by atomic mass is 10.3. The summed E-state index contributed by atoms with van der Waals surface area (Å²) in [6.07, 6.45) is 1.28. The van der Waals surface area contributed by atoms with Crippen LogP contribution >= 0.6 is 22.9 Å². The molecular formula is C13H14ClN3O2S. The van der Waals surface area contributed by atoms with Crippen LogP contribution in [0, 0.1) is 0 Å². The lowest BCUT2D eigenvalue weighted by Gasteiger charge is -2.01. The maximum absolute atomic E-state index is 11.5. The lowest BCUT2D eigenvalue weighted by molar-refractivity contribution is -0.116. The normalized spacial score (nSPS) is 10.5. The fraction of sp³-hybridized carbons (Fsp3) is 0.308. The van der Waals surface area contributed by atoms with E-state index in [2.05, 4.69) is 15.6 Å². The summed E-state index contributed by atoms with van der Waals surface area (Å²) >= 11 is 6.81. The maximum Gasteiger partial charge on any atom is 0.239 e. The molecule has 0 radical (unpaired) electrons. The smallest absolute Gasteiger partial charge is 0.239 e. The Hall–Kier alpha value is -1.66. The Balaban J connectivity index is 2.17. The fourth-order valence-electron chi connectivity index (χ4n) is 1.66. The van der Waals surface area contributed by atoms with Crippen LogP contribution in [0.5, 0.6) is 0 Å². The summed E-state index contributed by atoms with van der Waals surface area (Å²) in [5.74, 6) is -0.381. The largest absolute Gasteiger partial charge is 0.325 e. The molecule has 0 bridgehead atoms. The number of anilines is 2.